The summed E-state index contributed by atoms with van der Waals surface area (Å²) in [5, 5.41) is -4.20. The van der Waals surface area contributed by atoms with E-state index in [-0.39, 0.29) is 11.4 Å². The maximum atomic E-state index is 14.6. The third-order valence-electron chi connectivity index (χ3n) is 7.30. The smallest absolute Gasteiger partial charge is 0.377 e. The van der Waals surface area contributed by atoms with Crippen LogP contribution in [0, 0.1) is 0 Å². The molecule has 0 aliphatic rings. The second kappa shape index (κ2) is 10.4. The SMILES string of the molecule is O=S(=O)(Oc1ccccc1-c1nc2c3ccccc3c3ccccc3c2n1-c1ccccc1)C(F)(F)C(F)(F)C(F)(F)C(F)(F)F. The monoisotopic (exact) mass is 668 g/mol. The lowest BCUT2D eigenvalue weighted by Crippen LogP contribution is -2.63. The Morgan fingerprint density at radius 2 is 1.09 bits per heavy atom. The van der Waals surface area contributed by atoms with Crippen LogP contribution in [0.15, 0.2) is 103 Å². The molecule has 0 aliphatic heterocycles. The average Bonchev–Trinajstić information content (AvgIpc) is 3.42. The first-order valence-electron chi connectivity index (χ1n) is 13.1. The number of halogens is 9. The fraction of sp³-hybridized carbons (Fsp3) is 0.129. The molecular formula is C31H17F9N2O3S. The summed E-state index contributed by atoms with van der Waals surface area (Å²) >= 11 is 0. The molecule has 0 saturated heterocycles. The Hall–Kier alpha value is -4.79. The first kappa shape index (κ1) is 31.2. The third-order valence-corrected chi connectivity index (χ3v) is 8.59. The Bertz CT molecular complexity index is 2230. The van der Waals surface area contributed by atoms with Crippen molar-refractivity contribution in [2.75, 3.05) is 0 Å². The van der Waals surface area contributed by atoms with Crippen molar-refractivity contribution in [3.8, 4) is 22.8 Å². The molecule has 0 atom stereocenters. The molecule has 5 aromatic carbocycles. The van der Waals surface area contributed by atoms with Crippen LogP contribution < -0.4 is 4.18 Å². The number of nitrogens with zero attached hydrogens (tertiary/aromatic N) is 2. The topological polar surface area (TPSA) is 61.2 Å². The van der Waals surface area contributed by atoms with Crippen LogP contribution in [0.2, 0.25) is 0 Å². The molecule has 0 aliphatic carbocycles. The Kier molecular flexibility index (Phi) is 7.03. The third kappa shape index (κ3) is 4.47. The van der Waals surface area contributed by atoms with Crippen molar-refractivity contribution in [3.63, 3.8) is 0 Å². The van der Waals surface area contributed by atoms with Crippen LogP contribution in [0.25, 0.3) is 49.7 Å². The van der Waals surface area contributed by atoms with Crippen molar-refractivity contribution in [1.82, 2.24) is 9.55 Å². The highest BCUT2D eigenvalue weighted by Crippen LogP contribution is 2.55. The summed E-state index contributed by atoms with van der Waals surface area (Å²) in [6, 6.07) is 26.8. The zero-order valence-electron chi connectivity index (χ0n) is 22.7. The van der Waals surface area contributed by atoms with Gasteiger partial charge in [-0.2, -0.15) is 47.9 Å². The average molecular weight is 669 g/mol. The van der Waals surface area contributed by atoms with E-state index in [0.717, 1.165) is 29.0 Å². The first-order chi connectivity index (χ1) is 21.5. The van der Waals surface area contributed by atoms with Crippen LogP contribution in [0.5, 0.6) is 5.75 Å². The van der Waals surface area contributed by atoms with Gasteiger partial charge in [0.05, 0.1) is 16.6 Å². The van der Waals surface area contributed by atoms with Gasteiger partial charge in [-0.1, -0.05) is 78.9 Å². The summed E-state index contributed by atoms with van der Waals surface area (Å²) in [6.45, 7) is 0. The molecule has 0 fully saturated rings. The maximum Gasteiger partial charge on any atom is 0.460 e. The molecule has 0 unspecified atom stereocenters. The molecule has 0 spiro atoms. The number of hydrogen-bond donors (Lipinski definition) is 0. The minimum atomic E-state index is -7.46. The van der Waals surface area contributed by atoms with E-state index in [0.29, 0.717) is 27.5 Å². The van der Waals surface area contributed by atoms with Gasteiger partial charge < -0.3 is 4.18 Å². The largest absolute Gasteiger partial charge is 0.460 e. The van der Waals surface area contributed by atoms with E-state index in [4.69, 9.17) is 4.98 Å². The lowest BCUT2D eigenvalue weighted by molar-refractivity contribution is -0.382. The normalized spacial score (nSPS) is 13.5. The molecule has 6 rings (SSSR count). The molecule has 6 aromatic rings. The van der Waals surface area contributed by atoms with Crippen LogP contribution in [-0.4, -0.2) is 41.2 Å². The highest BCUT2D eigenvalue weighted by atomic mass is 32.2. The van der Waals surface area contributed by atoms with Crippen molar-refractivity contribution in [3.05, 3.63) is 103 Å². The van der Waals surface area contributed by atoms with Crippen LogP contribution >= 0.6 is 0 Å². The molecule has 238 valence electrons. The van der Waals surface area contributed by atoms with E-state index in [1.54, 1.807) is 66.7 Å². The Balaban J connectivity index is 1.61. The zero-order chi connectivity index (χ0) is 33.3. The Morgan fingerprint density at radius 1 is 0.587 bits per heavy atom. The molecule has 1 aromatic heterocycles. The van der Waals surface area contributed by atoms with Crippen molar-refractivity contribution in [2.45, 2.75) is 23.3 Å². The number of para-hydroxylation sites is 2. The fourth-order valence-electron chi connectivity index (χ4n) is 5.13. The van der Waals surface area contributed by atoms with Gasteiger partial charge in [0.25, 0.3) is 0 Å². The molecule has 0 bridgehead atoms. The molecule has 1 heterocycles. The Morgan fingerprint density at radius 3 is 1.70 bits per heavy atom. The second-order valence-corrected chi connectivity index (χ2v) is 11.7. The van der Waals surface area contributed by atoms with E-state index in [1.807, 2.05) is 12.1 Å². The fourth-order valence-corrected chi connectivity index (χ4v) is 6.06. The summed E-state index contributed by atoms with van der Waals surface area (Å²) in [4.78, 5) is 4.69. The molecule has 0 radical (unpaired) electrons. The number of alkyl halides is 9. The van der Waals surface area contributed by atoms with Crippen molar-refractivity contribution in [2.24, 2.45) is 0 Å². The van der Waals surface area contributed by atoms with Gasteiger partial charge in [-0.25, -0.2) is 4.98 Å². The van der Waals surface area contributed by atoms with E-state index < -0.39 is 39.1 Å². The number of aromatic nitrogens is 2. The van der Waals surface area contributed by atoms with Crippen LogP contribution in [0.3, 0.4) is 0 Å². The molecule has 0 saturated carbocycles. The van der Waals surface area contributed by atoms with Crippen molar-refractivity contribution < 1.29 is 52.1 Å². The van der Waals surface area contributed by atoms with Gasteiger partial charge in [0, 0.05) is 16.5 Å². The number of benzene rings is 5. The van der Waals surface area contributed by atoms with Gasteiger partial charge in [-0.05, 0) is 35.0 Å². The van der Waals surface area contributed by atoms with Crippen LogP contribution in [-0.2, 0) is 10.1 Å². The number of rotatable bonds is 7. The minimum absolute atomic E-state index is 0.149. The molecule has 0 N–H and O–H groups in total. The number of fused-ring (bicyclic) bond motifs is 6. The second-order valence-electron chi connectivity index (χ2n) is 10.1. The van der Waals surface area contributed by atoms with Gasteiger partial charge in [0.1, 0.15) is 5.82 Å². The van der Waals surface area contributed by atoms with Crippen molar-refractivity contribution >= 4 is 42.7 Å². The molecule has 15 heteroatoms. The number of hydrogen-bond acceptors (Lipinski definition) is 4. The summed E-state index contributed by atoms with van der Waals surface area (Å²) in [5.41, 5.74) is 0.864. The molecule has 46 heavy (non-hydrogen) atoms. The van der Waals surface area contributed by atoms with E-state index >= 15 is 0 Å². The van der Waals surface area contributed by atoms with Crippen LogP contribution in [0.4, 0.5) is 39.5 Å². The quantitative estimate of drug-likeness (QED) is 0.0968. The first-order valence-corrected chi connectivity index (χ1v) is 14.5. The van der Waals surface area contributed by atoms with Gasteiger partial charge in [-0.15, -0.1) is 0 Å². The standard InChI is InChI=1S/C31H17F9N2O3S/c32-28(33,30(36,37)38)29(34,35)31(39,40)46(43,44)45-24-17-9-8-16-23(24)27-41-25-21-14-6-4-12-19(21)20-13-5-7-15-22(20)26(25)42(27)18-10-2-1-3-11-18/h1-17H. The molecule has 5 nitrogen and oxygen atoms in total. The van der Waals surface area contributed by atoms with E-state index in [9.17, 15) is 47.9 Å². The van der Waals surface area contributed by atoms with Gasteiger partial charge in [0.2, 0.25) is 0 Å². The van der Waals surface area contributed by atoms with E-state index in [1.165, 1.54) is 10.6 Å². The summed E-state index contributed by atoms with van der Waals surface area (Å²) in [6.07, 6.45) is -7.22. The van der Waals surface area contributed by atoms with E-state index in [2.05, 4.69) is 4.18 Å². The zero-order valence-corrected chi connectivity index (χ0v) is 23.6. The molecular weight excluding hydrogens is 651 g/mol. The maximum absolute atomic E-state index is 14.6. The van der Waals surface area contributed by atoms with Crippen LogP contribution in [0.1, 0.15) is 0 Å². The lowest BCUT2D eigenvalue weighted by atomic mass is 10.00. The van der Waals surface area contributed by atoms with Gasteiger partial charge in [-0.3, -0.25) is 4.57 Å². The summed E-state index contributed by atoms with van der Waals surface area (Å²) < 4.78 is 153. The summed E-state index contributed by atoms with van der Waals surface area (Å²) in [5.74, 6) is -16.1. The van der Waals surface area contributed by atoms with Gasteiger partial charge in [0.15, 0.2) is 5.75 Å². The summed E-state index contributed by atoms with van der Waals surface area (Å²) in [7, 11) is -7.22. The highest BCUT2D eigenvalue weighted by molar-refractivity contribution is 7.88. The molecule has 0 amide bonds. The van der Waals surface area contributed by atoms with Gasteiger partial charge >= 0.3 is 33.4 Å². The number of imidazole rings is 1. The van der Waals surface area contributed by atoms with Crippen molar-refractivity contribution in [1.29, 1.82) is 0 Å². The minimum Gasteiger partial charge on any atom is -0.377 e. The highest BCUT2D eigenvalue weighted by Gasteiger charge is 2.86. The predicted octanol–water partition coefficient (Wildman–Crippen LogP) is 9.13. The lowest BCUT2D eigenvalue weighted by Gasteiger charge is -2.32. The Labute approximate surface area is 253 Å². The predicted molar refractivity (Wildman–Crippen MR) is 152 cm³/mol.